The molecule has 1 aliphatic heterocycles. The maximum absolute atomic E-state index is 13.3. The third-order valence-electron chi connectivity index (χ3n) is 5.19. The molecule has 1 N–H and O–H groups in total. The Kier molecular flexibility index (Phi) is 8.44. The lowest BCUT2D eigenvalue weighted by molar-refractivity contribution is 0.0937. The molecule has 0 amide bonds. The SMILES string of the molecule is C=CCN(Cc1cnc(S(=O)(=O)Cc2ccccc2)n1CC1CCCO1)C(=S)NC(C)C. The number of thiocarbonyl (C=S) groups is 1. The topological polar surface area (TPSA) is 76.5 Å². The van der Waals surface area contributed by atoms with Gasteiger partial charge in [-0.25, -0.2) is 13.4 Å². The standard InChI is InChI=1S/C23H32N4O3S2/c1-4-12-26(22(31)25-18(2)3)15-20-14-24-23(27(20)16-21-11-8-13-30-21)32(28,29)17-19-9-6-5-7-10-19/h4-7,9-10,14,18,21H,1,8,11-13,15-17H2,2-3H3,(H,25,31). The van der Waals surface area contributed by atoms with Crippen LogP contribution >= 0.6 is 12.2 Å². The van der Waals surface area contributed by atoms with Crippen LogP contribution in [-0.2, 0) is 33.4 Å². The van der Waals surface area contributed by atoms with E-state index in [0.717, 1.165) is 24.1 Å². The first-order valence-corrected chi connectivity index (χ1v) is 12.9. The molecule has 1 aliphatic rings. The molecule has 3 rings (SSSR count). The number of ether oxygens (including phenoxy) is 1. The second-order valence-corrected chi connectivity index (χ2v) is 10.6. The molecule has 2 aromatic rings. The molecule has 9 heteroatoms. The Balaban J connectivity index is 1.92. The molecule has 1 fully saturated rings. The predicted octanol–water partition coefficient (Wildman–Crippen LogP) is 3.31. The zero-order chi connectivity index (χ0) is 23.1. The fraction of sp³-hybridized carbons (Fsp3) is 0.478. The minimum absolute atomic E-state index is 0.0257. The van der Waals surface area contributed by atoms with Crippen LogP contribution in [0.2, 0.25) is 0 Å². The van der Waals surface area contributed by atoms with Gasteiger partial charge in [-0.05, 0) is 44.5 Å². The Hall–Kier alpha value is -2.23. The van der Waals surface area contributed by atoms with E-state index in [9.17, 15) is 8.42 Å². The van der Waals surface area contributed by atoms with Crippen molar-refractivity contribution in [2.45, 2.75) is 62.8 Å². The van der Waals surface area contributed by atoms with E-state index >= 15 is 0 Å². The average Bonchev–Trinajstić information content (AvgIpc) is 3.38. The van der Waals surface area contributed by atoms with Crippen molar-refractivity contribution in [2.24, 2.45) is 0 Å². The van der Waals surface area contributed by atoms with Gasteiger partial charge >= 0.3 is 0 Å². The van der Waals surface area contributed by atoms with Crippen molar-refractivity contribution < 1.29 is 13.2 Å². The molecule has 174 valence electrons. The molecule has 1 atom stereocenters. The van der Waals surface area contributed by atoms with Gasteiger partial charge in [0.15, 0.2) is 5.11 Å². The van der Waals surface area contributed by atoms with E-state index in [2.05, 4.69) is 16.9 Å². The fourth-order valence-corrected chi connectivity index (χ4v) is 5.60. The van der Waals surface area contributed by atoms with E-state index in [-0.39, 0.29) is 23.1 Å². The first-order valence-electron chi connectivity index (χ1n) is 10.9. The fourth-order valence-electron chi connectivity index (χ4n) is 3.72. The van der Waals surface area contributed by atoms with Crippen LogP contribution < -0.4 is 5.32 Å². The van der Waals surface area contributed by atoms with E-state index in [0.29, 0.717) is 31.4 Å². The highest BCUT2D eigenvalue weighted by atomic mass is 32.2. The van der Waals surface area contributed by atoms with Crippen LogP contribution in [0.1, 0.15) is 37.9 Å². The molecule has 2 heterocycles. The third-order valence-corrected chi connectivity index (χ3v) is 7.16. The van der Waals surface area contributed by atoms with Crippen LogP contribution in [-0.4, -0.2) is 53.3 Å². The number of rotatable bonds is 10. The Morgan fingerprint density at radius 3 is 2.78 bits per heavy atom. The summed E-state index contributed by atoms with van der Waals surface area (Å²) in [6.45, 7) is 9.99. The number of nitrogens with zero attached hydrogens (tertiary/aromatic N) is 3. The van der Waals surface area contributed by atoms with Gasteiger partial charge in [0.25, 0.3) is 0 Å². The molecule has 0 spiro atoms. The number of hydrogen-bond donors (Lipinski definition) is 1. The zero-order valence-corrected chi connectivity index (χ0v) is 20.4. The Morgan fingerprint density at radius 2 is 2.16 bits per heavy atom. The van der Waals surface area contributed by atoms with Crippen LogP contribution in [0.3, 0.4) is 0 Å². The summed E-state index contributed by atoms with van der Waals surface area (Å²) in [4.78, 5) is 6.32. The average molecular weight is 477 g/mol. The molecule has 0 saturated carbocycles. The first kappa shape index (κ1) is 24.4. The molecule has 1 unspecified atom stereocenters. The highest BCUT2D eigenvalue weighted by molar-refractivity contribution is 7.90. The summed E-state index contributed by atoms with van der Waals surface area (Å²) < 4.78 is 34.2. The number of imidazole rings is 1. The second kappa shape index (κ2) is 11.1. The third kappa shape index (κ3) is 6.40. The van der Waals surface area contributed by atoms with E-state index in [1.165, 1.54) is 0 Å². The summed E-state index contributed by atoms with van der Waals surface area (Å²) in [7, 11) is -3.64. The zero-order valence-electron chi connectivity index (χ0n) is 18.7. The van der Waals surface area contributed by atoms with Gasteiger partial charge in [0.05, 0.1) is 36.8 Å². The van der Waals surface area contributed by atoms with Crippen LogP contribution in [0.5, 0.6) is 0 Å². The number of aromatic nitrogens is 2. The van der Waals surface area contributed by atoms with Crippen molar-refractivity contribution in [1.29, 1.82) is 0 Å². The number of nitrogens with one attached hydrogen (secondary N) is 1. The normalized spacial score (nSPS) is 16.3. The molecule has 0 bridgehead atoms. The first-order chi connectivity index (χ1) is 15.3. The predicted molar refractivity (Wildman–Crippen MR) is 130 cm³/mol. The molecule has 1 saturated heterocycles. The van der Waals surface area contributed by atoms with Crippen molar-refractivity contribution in [1.82, 2.24) is 19.8 Å². The van der Waals surface area contributed by atoms with Crippen LogP contribution in [0.15, 0.2) is 54.3 Å². The summed E-state index contributed by atoms with van der Waals surface area (Å²) in [6, 6.07) is 9.36. The van der Waals surface area contributed by atoms with Gasteiger partial charge in [-0.1, -0.05) is 36.4 Å². The largest absolute Gasteiger partial charge is 0.376 e. The molecule has 1 aromatic carbocycles. The van der Waals surface area contributed by atoms with E-state index in [1.54, 1.807) is 16.8 Å². The smallest absolute Gasteiger partial charge is 0.228 e. The molecular formula is C23H32N4O3S2. The minimum atomic E-state index is -3.64. The summed E-state index contributed by atoms with van der Waals surface area (Å²) in [5, 5.41) is 3.92. The molecular weight excluding hydrogens is 444 g/mol. The van der Waals surface area contributed by atoms with Gasteiger partial charge in [-0.15, -0.1) is 6.58 Å². The van der Waals surface area contributed by atoms with E-state index < -0.39 is 9.84 Å². The summed E-state index contributed by atoms with van der Waals surface area (Å²) >= 11 is 5.56. The molecule has 0 radical (unpaired) electrons. The lowest BCUT2D eigenvalue weighted by atomic mass is 10.2. The second-order valence-electron chi connectivity index (χ2n) is 8.30. The van der Waals surface area contributed by atoms with Gasteiger partial charge in [0, 0.05) is 19.2 Å². The highest BCUT2D eigenvalue weighted by Gasteiger charge is 2.28. The van der Waals surface area contributed by atoms with Crippen molar-refractivity contribution in [3.8, 4) is 0 Å². The van der Waals surface area contributed by atoms with Crippen molar-refractivity contribution in [2.75, 3.05) is 13.2 Å². The number of hydrogen-bond acceptors (Lipinski definition) is 5. The lowest BCUT2D eigenvalue weighted by Crippen LogP contribution is -2.42. The summed E-state index contributed by atoms with van der Waals surface area (Å²) in [5.41, 5.74) is 1.51. The van der Waals surface area contributed by atoms with Crippen LogP contribution in [0, 0.1) is 0 Å². The molecule has 1 aromatic heterocycles. The monoisotopic (exact) mass is 476 g/mol. The summed E-state index contributed by atoms with van der Waals surface area (Å²) in [5.74, 6) is -0.0977. The summed E-state index contributed by atoms with van der Waals surface area (Å²) in [6.07, 6.45) is 5.27. The quantitative estimate of drug-likeness (QED) is 0.416. The van der Waals surface area contributed by atoms with Crippen molar-refractivity contribution in [3.05, 3.63) is 60.4 Å². The van der Waals surface area contributed by atoms with Crippen LogP contribution in [0.4, 0.5) is 0 Å². The van der Waals surface area contributed by atoms with Gasteiger partial charge in [-0.2, -0.15) is 0 Å². The van der Waals surface area contributed by atoms with Gasteiger partial charge < -0.3 is 19.5 Å². The van der Waals surface area contributed by atoms with Gasteiger partial charge in [0.1, 0.15) is 0 Å². The Bertz CT molecular complexity index is 1010. The van der Waals surface area contributed by atoms with Gasteiger partial charge in [-0.3, -0.25) is 0 Å². The Morgan fingerprint density at radius 1 is 1.41 bits per heavy atom. The van der Waals surface area contributed by atoms with Gasteiger partial charge in [0.2, 0.25) is 15.0 Å². The highest BCUT2D eigenvalue weighted by Crippen LogP contribution is 2.22. The van der Waals surface area contributed by atoms with E-state index in [1.807, 2.05) is 49.1 Å². The van der Waals surface area contributed by atoms with Crippen molar-refractivity contribution >= 4 is 27.2 Å². The maximum atomic E-state index is 13.3. The molecule has 7 nitrogen and oxygen atoms in total. The lowest BCUT2D eigenvalue weighted by Gasteiger charge is -2.27. The Labute approximate surface area is 196 Å². The number of benzene rings is 1. The number of sulfone groups is 1. The van der Waals surface area contributed by atoms with E-state index in [4.69, 9.17) is 17.0 Å². The molecule has 0 aliphatic carbocycles. The van der Waals surface area contributed by atoms with Crippen molar-refractivity contribution in [3.63, 3.8) is 0 Å². The molecule has 32 heavy (non-hydrogen) atoms. The maximum Gasteiger partial charge on any atom is 0.228 e. The minimum Gasteiger partial charge on any atom is -0.376 e. The van der Waals surface area contributed by atoms with Crippen LogP contribution in [0.25, 0.3) is 0 Å².